The van der Waals surface area contributed by atoms with E-state index in [-0.39, 0.29) is 26.9 Å². The highest BCUT2D eigenvalue weighted by Crippen LogP contribution is 2.30. The van der Waals surface area contributed by atoms with Gasteiger partial charge in [0.2, 0.25) is 0 Å². The first-order chi connectivity index (χ1) is 14.7. The fourth-order valence-electron chi connectivity index (χ4n) is 2.93. The molecule has 0 fully saturated rings. The highest BCUT2D eigenvalue weighted by atomic mass is 32.2. The Balaban J connectivity index is 1.96. The van der Waals surface area contributed by atoms with Crippen LogP contribution < -0.4 is 18.9 Å². The van der Waals surface area contributed by atoms with Crippen molar-refractivity contribution in [3.05, 3.63) is 72.3 Å². The Morgan fingerprint density at radius 3 is 1.94 bits per heavy atom. The fourth-order valence-corrected chi connectivity index (χ4v) is 5.50. The lowest BCUT2D eigenvalue weighted by atomic mass is 10.2. The zero-order chi connectivity index (χ0) is 22.6. The van der Waals surface area contributed by atoms with Crippen molar-refractivity contribution in [3.63, 3.8) is 0 Å². The maximum absolute atomic E-state index is 13.0. The van der Waals surface area contributed by atoms with E-state index in [0.29, 0.717) is 11.3 Å². The van der Waals surface area contributed by atoms with Crippen molar-refractivity contribution < 1.29 is 26.3 Å². The zero-order valence-electron chi connectivity index (χ0n) is 17.1. The molecule has 0 aromatic heterocycles. The van der Waals surface area contributed by atoms with Crippen molar-refractivity contribution in [1.82, 2.24) is 0 Å². The van der Waals surface area contributed by atoms with Gasteiger partial charge in [-0.3, -0.25) is 9.44 Å². The first kappa shape index (κ1) is 22.4. The number of anilines is 2. The van der Waals surface area contributed by atoms with Crippen molar-refractivity contribution >= 4 is 31.4 Å². The number of hydrogen-bond acceptors (Lipinski definition) is 6. The van der Waals surface area contributed by atoms with Crippen LogP contribution in [0, 0.1) is 6.92 Å². The molecule has 3 aromatic carbocycles. The van der Waals surface area contributed by atoms with Crippen LogP contribution in [0.15, 0.2) is 76.5 Å². The highest BCUT2D eigenvalue weighted by Gasteiger charge is 2.22. The van der Waals surface area contributed by atoms with Gasteiger partial charge in [0.15, 0.2) is 0 Å². The maximum atomic E-state index is 13.0. The lowest BCUT2D eigenvalue weighted by Crippen LogP contribution is -2.17. The molecule has 0 aliphatic carbocycles. The van der Waals surface area contributed by atoms with Gasteiger partial charge in [-0.2, -0.15) is 0 Å². The summed E-state index contributed by atoms with van der Waals surface area (Å²) in [6.07, 6.45) is 0. The third-order valence-electron chi connectivity index (χ3n) is 4.44. The zero-order valence-corrected chi connectivity index (χ0v) is 18.7. The number of rotatable bonds is 8. The Bertz CT molecular complexity index is 1300. The van der Waals surface area contributed by atoms with Crippen molar-refractivity contribution in [2.45, 2.75) is 16.7 Å². The normalized spacial score (nSPS) is 11.6. The van der Waals surface area contributed by atoms with Gasteiger partial charge in [0, 0.05) is 0 Å². The average molecular weight is 463 g/mol. The topological polar surface area (TPSA) is 111 Å². The number of benzene rings is 3. The highest BCUT2D eigenvalue weighted by molar-refractivity contribution is 7.93. The summed E-state index contributed by atoms with van der Waals surface area (Å²) in [6, 6.07) is 17.0. The molecule has 2 N–H and O–H groups in total. The van der Waals surface area contributed by atoms with Gasteiger partial charge in [0.1, 0.15) is 16.4 Å². The summed E-state index contributed by atoms with van der Waals surface area (Å²) in [5, 5.41) is 0. The molecule has 0 unspecified atom stereocenters. The van der Waals surface area contributed by atoms with E-state index in [1.807, 2.05) is 0 Å². The predicted molar refractivity (Wildman–Crippen MR) is 119 cm³/mol. The van der Waals surface area contributed by atoms with E-state index in [2.05, 4.69) is 9.44 Å². The molecule has 0 aliphatic heterocycles. The first-order valence-corrected chi connectivity index (χ1v) is 12.1. The molecule has 8 nitrogen and oxygen atoms in total. The van der Waals surface area contributed by atoms with Crippen LogP contribution in [0.25, 0.3) is 0 Å². The quantitative estimate of drug-likeness (QED) is 0.529. The molecule has 164 valence electrons. The van der Waals surface area contributed by atoms with Crippen LogP contribution in [0.2, 0.25) is 0 Å². The summed E-state index contributed by atoms with van der Waals surface area (Å²) in [7, 11) is -5.23. The van der Waals surface area contributed by atoms with Gasteiger partial charge < -0.3 is 9.47 Å². The molecule has 3 rings (SSSR count). The van der Waals surface area contributed by atoms with Gasteiger partial charge in [-0.05, 0) is 48.9 Å². The van der Waals surface area contributed by atoms with E-state index in [1.54, 1.807) is 43.3 Å². The lowest BCUT2D eigenvalue weighted by Gasteiger charge is -2.15. The number of aryl methyl sites for hydroxylation is 1. The molecule has 0 spiro atoms. The van der Waals surface area contributed by atoms with Crippen LogP contribution in [-0.2, 0) is 20.0 Å². The second kappa shape index (κ2) is 8.86. The summed E-state index contributed by atoms with van der Waals surface area (Å²) in [5.41, 5.74) is 0.809. The van der Waals surface area contributed by atoms with E-state index in [4.69, 9.17) is 9.47 Å². The molecular formula is C21H22N2O6S2. The third kappa shape index (κ3) is 4.92. The predicted octanol–water partition coefficient (Wildman–Crippen LogP) is 3.61. The van der Waals surface area contributed by atoms with Gasteiger partial charge >= 0.3 is 0 Å². The third-order valence-corrected chi connectivity index (χ3v) is 7.37. The number of methoxy groups -OCH3 is 2. The minimum atomic E-state index is -4.02. The molecular weight excluding hydrogens is 440 g/mol. The van der Waals surface area contributed by atoms with E-state index in [9.17, 15) is 16.8 Å². The minimum Gasteiger partial charge on any atom is -0.495 e. The Morgan fingerprint density at radius 2 is 1.26 bits per heavy atom. The largest absolute Gasteiger partial charge is 0.495 e. The Hall–Kier alpha value is -3.24. The van der Waals surface area contributed by atoms with E-state index >= 15 is 0 Å². The lowest BCUT2D eigenvalue weighted by molar-refractivity contribution is 0.403. The SMILES string of the molecule is COc1ccccc1NS(=O)(=O)c1cc(NS(=O)(=O)c2ccccc2OC)ccc1C. The Labute approximate surface area is 181 Å². The van der Waals surface area contributed by atoms with Crippen LogP contribution >= 0.6 is 0 Å². The molecule has 0 saturated carbocycles. The second-order valence-corrected chi connectivity index (χ2v) is 9.84. The summed E-state index contributed by atoms with van der Waals surface area (Å²) < 4.78 is 66.9. The van der Waals surface area contributed by atoms with Gasteiger partial charge in [0.25, 0.3) is 20.0 Å². The number of hydrogen-bond donors (Lipinski definition) is 2. The fraction of sp³-hybridized carbons (Fsp3) is 0.143. The van der Waals surface area contributed by atoms with Crippen molar-refractivity contribution in [3.8, 4) is 11.5 Å². The molecule has 0 atom stereocenters. The van der Waals surface area contributed by atoms with Gasteiger partial charge in [-0.25, -0.2) is 16.8 Å². The van der Waals surface area contributed by atoms with Crippen molar-refractivity contribution in [2.24, 2.45) is 0 Å². The van der Waals surface area contributed by atoms with Crippen LogP contribution in [0.5, 0.6) is 11.5 Å². The summed E-state index contributed by atoms with van der Waals surface area (Å²) in [5.74, 6) is 0.532. The molecule has 0 aliphatic rings. The van der Waals surface area contributed by atoms with Crippen molar-refractivity contribution in [1.29, 1.82) is 0 Å². The smallest absolute Gasteiger partial charge is 0.265 e. The van der Waals surface area contributed by atoms with E-state index < -0.39 is 20.0 Å². The van der Waals surface area contributed by atoms with Gasteiger partial charge in [-0.15, -0.1) is 0 Å². The summed E-state index contributed by atoms with van der Waals surface area (Å²) in [6.45, 7) is 1.62. The number of ether oxygens (including phenoxy) is 2. The van der Waals surface area contributed by atoms with Gasteiger partial charge in [-0.1, -0.05) is 30.3 Å². The number of nitrogens with one attached hydrogen (secondary N) is 2. The Kier molecular flexibility index (Phi) is 6.42. The van der Waals surface area contributed by atoms with Crippen LogP contribution in [0.3, 0.4) is 0 Å². The molecule has 0 radical (unpaired) electrons. The van der Waals surface area contributed by atoms with E-state index in [1.165, 1.54) is 44.6 Å². The Morgan fingerprint density at radius 1 is 0.677 bits per heavy atom. The standard InChI is InChI=1S/C21H22N2O6S2/c1-15-12-13-16(22-30(24,25)20-11-7-6-10-19(20)29-3)14-21(15)31(26,27)23-17-8-4-5-9-18(17)28-2/h4-14,22-23H,1-3H3. The van der Waals surface area contributed by atoms with Crippen LogP contribution in [0.4, 0.5) is 11.4 Å². The van der Waals surface area contributed by atoms with Gasteiger partial charge in [0.05, 0.1) is 30.5 Å². The molecule has 0 amide bonds. The minimum absolute atomic E-state index is 0.0605. The van der Waals surface area contributed by atoms with Crippen molar-refractivity contribution in [2.75, 3.05) is 23.7 Å². The molecule has 0 heterocycles. The summed E-state index contributed by atoms with van der Waals surface area (Å²) in [4.78, 5) is -0.131. The number of para-hydroxylation sites is 3. The molecule has 0 saturated heterocycles. The maximum Gasteiger partial charge on any atom is 0.265 e. The van der Waals surface area contributed by atoms with Crippen LogP contribution in [0.1, 0.15) is 5.56 Å². The monoisotopic (exact) mass is 462 g/mol. The van der Waals surface area contributed by atoms with E-state index in [0.717, 1.165) is 0 Å². The first-order valence-electron chi connectivity index (χ1n) is 9.10. The average Bonchev–Trinajstić information content (AvgIpc) is 2.75. The molecule has 0 bridgehead atoms. The molecule has 3 aromatic rings. The number of sulfonamides is 2. The van der Waals surface area contributed by atoms with Crippen LogP contribution in [-0.4, -0.2) is 31.1 Å². The second-order valence-electron chi connectivity index (χ2n) is 6.54. The molecule has 10 heteroatoms. The molecule has 31 heavy (non-hydrogen) atoms. The summed E-state index contributed by atoms with van der Waals surface area (Å²) >= 11 is 0.